The number of amides is 1. The predicted molar refractivity (Wildman–Crippen MR) is 110 cm³/mol. The summed E-state index contributed by atoms with van der Waals surface area (Å²) >= 11 is 2.44. The van der Waals surface area contributed by atoms with Gasteiger partial charge in [-0.15, -0.1) is 22.7 Å². The lowest BCUT2D eigenvalue weighted by Gasteiger charge is -2.15. The minimum absolute atomic E-state index is 0.176. The van der Waals surface area contributed by atoms with Gasteiger partial charge in [-0.3, -0.25) is 4.79 Å². The lowest BCUT2D eigenvalue weighted by atomic mass is 10.2. The van der Waals surface area contributed by atoms with E-state index < -0.39 is 10.0 Å². The zero-order chi connectivity index (χ0) is 20.1. The van der Waals surface area contributed by atoms with Crippen molar-refractivity contribution >= 4 is 43.7 Å². The molecule has 0 spiro atoms. The van der Waals surface area contributed by atoms with Crippen LogP contribution in [0.25, 0.3) is 11.3 Å². The van der Waals surface area contributed by atoms with E-state index in [4.69, 9.17) is 0 Å². The Hall–Kier alpha value is -2.14. The van der Waals surface area contributed by atoms with E-state index in [0.29, 0.717) is 17.2 Å². The van der Waals surface area contributed by atoms with Crippen LogP contribution in [0.5, 0.6) is 0 Å². The molecule has 148 valence electrons. The van der Waals surface area contributed by atoms with Gasteiger partial charge in [0.2, 0.25) is 5.91 Å². The number of nitrogens with one attached hydrogen (secondary N) is 1. The van der Waals surface area contributed by atoms with Crippen LogP contribution in [0.1, 0.15) is 12.8 Å². The standard InChI is InChI=1S/C18H18FN3O3S3/c1-22(28(24,25)17-5-3-11-26-17)10-2-4-16(23)21-18-20-15(12-27-18)13-6-8-14(19)9-7-13/h3,5-9,11-12H,2,4,10H2,1H3,(H,20,21,23). The Labute approximate surface area is 170 Å². The van der Waals surface area contributed by atoms with E-state index in [1.165, 1.54) is 34.8 Å². The molecule has 0 saturated carbocycles. The summed E-state index contributed by atoms with van der Waals surface area (Å²) in [7, 11) is -2.00. The van der Waals surface area contributed by atoms with Crippen LogP contribution >= 0.6 is 22.7 Å². The molecule has 1 aromatic carbocycles. The molecule has 3 aromatic rings. The number of anilines is 1. The van der Waals surface area contributed by atoms with Crippen LogP contribution < -0.4 is 5.32 Å². The first-order valence-corrected chi connectivity index (χ1v) is 11.6. The van der Waals surface area contributed by atoms with Gasteiger partial charge in [-0.2, -0.15) is 0 Å². The molecule has 2 heterocycles. The summed E-state index contributed by atoms with van der Waals surface area (Å²) in [6.07, 6.45) is 0.568. The molecule has 0 bridgehead atoms. The topological polar surface area (TPSA) is 79.4 Å². The maximum Gasteiger partial charge on any atom is 0.252 e. The Balaban J connectivity index is 1.49. The lowest BCUT2D eigenvalue weighted by Crippen LogP contribution is -2.28. The van der Waals surface area contributed by atoms with Gasteiger partial charge < -0.3 is 5.32 Å². The minimum atomic E-state index is -3.50. The van der Waals surface area contributed by atoms with Crippen LogP contribution in [-0.4, -0.2) is 37.2 Å². The number of nitrogens with zero attached hydrogens (tertiary/aromatic N) is 2. The van der Waals surface area contributed by atoms with Crippen LogP contribution in [-0.2, 0) is 14.8 Å². The first-order valence-electron chi connectivity index (χ1n) is 8.37. The van der Waals surface area contributed by atoms with Gasteiger partial charge in [0.05, 0.1) is 5.69 Å². The number of aromatic nitrogens is 1. The second kappa shape index (κ2) is 8.91. The van der Waals surface area contributed by atoms with Gasteiger partial charge in [0.15, 0.2) is 5.13 Å². The fourth-order valence-corrected chi connectivity index (χ4v) is 5.56. The third-order valence-electron chi connectivity index (χ3n) is 3.93. The highest BCUT2D eigenvalue weighted by molar-refractivity contribution is 7.91. The van der Waals surface area contributed by atoms with Crippen molar-refractivity contribution in [2.45, 2.75) is 17.1 Å². The monoisotopic (exact) mass is 439 g/mol. The summed E-state index contributed by atoms with van der Waals surface area (Å²) in [5, 5.41) is 6.65. The van der Waals surface area contributed by atoms with Gasteiger partial charge in [-0.05, 0) is 42.1 Å². The average Bonchev–Trinajstić information content (AvgIpc) is 3.34. The van der Waals surface area contributed by atoms with Gasteiger partial charge in [0.1, 0.15) is 10.0 Å². The van der Waals surface area contributed by atoms with Gasteiger partial charge >= 0.3 is 0 Å². The summed E-state index contributed by atoms with van der Waals surface area (Å²) in [5.74, 6) is -0.555. The van der Waals surface area contributed by atoms with Crippen LogP contribution in [0.2, 0.25) is 0 Å². The highest BCUT2D eigenvalue weighted by Crippen LogP contribution is 2.25. The third kappa shape index (κ3) is 5.02. The van der Waals surface area contributed by atoms with Crippen LogP contribution in [0.15, 0.2) is 51.4 Å². The molecule has 0 unspecified atom stereocenters. The largest absolute Gasteiger partial charge is 0.302 e. The van der Waals surface area contributed by atoms with Crippen molar-refractivity contribution in [2.24, 2.45) is 0 Å². The van der Waals surface area contributed by atoms with Crippen molar-refractivity contribution in [1.29, 1.82) is 0 Å². The van der Waals surface area contributed by atoms with Gasteiger partial charge in [-0.25, -0.2) is 22.1 Å². The molecule has 0 aliphatic rings. The van der Waals surface area contributed by atoms with Gasteiger partial charge in [-0.1, -0.05) is 6.07 Å². The normalized spacial score (nSPS) is 11.7. The molecule has 0 radical (unpaired) electrons. The van der Waals surface area contributed by atoms with E-state index >= 15 is 0 Å². The molecule has 0 saturated heterocycles. The van der Waals surface area contributed by atoms with Crippen LogP contribution in [0, 0.1) is 5.82 Å². The number of benzene rings is 1. The summed E-state index contributed by atoms with van der Waals surface area (Å²) in [4.78, 5) is 16.4. The van der Waals surface area contributed by atoms with E-state index in [1.54, 1.807) is 35.0 Å². The van der Waals surface area contributed by atoms with E-state index in [0.717, 1.165) is 16.9 Å². The van der Waals surface area contributed by atoms with E-state index in [1.807, 2.05) is 0 Å². The number of hydrogen-bond donors (Lipinski definition) is 1. The molecule has 3 rings (SSSR count). The molecule has 0 atom stereocenters. The molecular weight excluding hydrogens is 421 g/mol. The zero-order valence-corrected chi connectivity index (χ0v) is 17.4. The number of thiophene rings is 1. The fraction of sp³-hybridized carbons (Fsp3) is 0.222. The maximum atomic E-state index is 13.0. The lowest BCUT2D eigenvalue weighted by molar-refractivity contribution is -0.116. The van der Waals surface area contributed by atoms with Crippen molar-refractivity contribution < 1.29 is 17.6 Å². The molecule has 1 N–H and O–H groups in total. The number of hydrogen-bond acceptors (Lipinski definition) is 6. The molecule has 1 amide bonds. The molecule has 0 fully saturated rings. The Morgan fingerprint density at radius 1 is 1.21 bits per heavy atom. The number of rotatable bonds is 8. The summed E-state index contributed by atoms with van der Waals surface area (Å²) in [6, 6.07) is 9.21. The first kappa shape index (κ1) is 20.6. The number of sulfonamides is 1. The zero-order valence-electron chi connectivity index (χ0n) is 15.0. The van der Waals surface area contributed by atoms with Crippen molar-refractivity contribution in [3.05, 3.63) is 53.0 Å². The van der Waals surface area contributed by atoms with Gasteiger partial charge in [0, 0.05) is 31.0 Å². The molecule has 0 aliphatic carbocycles. The molecular formula is C18H18FN3O3S3. The number of carbonyl (C=O) groups is 1. The van der Waals surface area contributed by atoms with Crippen LogP contribution in [0.3, 0.4) is 0 Å². The quantitative estimate of drug-likeness (QED) is 0.574. The number of thiazole rings is 1. The third-order valence-corrected chi connectivity index (χ3v) is 7.91. The van der Waals surface area contributed by atoms with Gasteiger partial charge in [0.25, 0.3) is 10.0 Å². The second-order valence-electron chi connectivity index (χ2n) is 5.96. The van der Waals surface area contributed by atoms with Crippen molar-refractivity contribution in [1.82, 2.24) is 9.29 Å². The molecule has 6 nitrogen and oxygen atoms in total. The van der Waals surface area contributed by atoms with Crippen molar-refractivity contribution in [3.8, 4) is 11.3 Å². The smallest absolute Gasteiger partial charge is 0.252 e. The fourth-order valence-electron chi connectivity index (χ4n) is 2.41. The number of carbonyl (C=O) groups excluding carboxylic acids is 1. The van der Waals surface area contributed by atoms with E-state index in [-0.39, 0.29) is 28.9 Å². The number of halogens is 1. The highest BCUT2D eigenvalue weighted by atomic mass is 32.2. The predicted octanol–water partition coefficient (Wildman–Crippen LogP) is 4.05. The van der Waals surface area contributed by atoms with Crippen molar-refractivity contribution in [3.63, 3.8) is 0 Å². The van der Waals surface area contributed by atoms with Crippen molar-refractivity contribution in [2.75, 3.05) is 18.9 Å². The first-order chi connectivity index (χ1) is 13.4. The molecule has 2 aromatic heterocycles. The van der Waals surface area contributed by atoms with E-state index in [9.17, 15) is 17.6 Å². The maximum absolute atomic E-state index is 13.0. The Bertz CT molecular complexity index is 1030. The highest BCUT2D eigenvalue weighted by Gasteiger charge is 2.21. The Morgan fingerprint density at radius 2 is 1.96 bits per heavy atom. The van der Waals surface area contributed by atoms with E-state index in [2.05, 4.69) is 10.3 Å². The Morgan fingerprint density at radius 3 is 2.64 bits per heavy atom. The molecule has 10 heteroatoms. The SMILES string of the molecule is CN(CCCC(=O)Nc1nc(-c2ccc(F)cc2)cs1)S(=O)(=O)c1cccs1. The minimum Gasteiger partial charge on any atom is -0.302 e. The Kier molecular flexibility index (Phi) is 6.55. The molecule has 0 aliphatic heterocycles. The second-order valence-corrected chi connectivity index (χ2v) is 10.0. The summed E-state index contributed by atoms with van der Waals surface area (Å²) in [5.41, 5.74) is 1.42. The summed E-state index contributed by atoms with van der Waals surface area (Å²) in [6.45, 7) is 0.242. The average molecular weight is 440 g/mol. The summed E-state index contributed by atoms with van der Waals surface area (Å²) < 4.78 is 39.2. The molecule has 28 heavy (non-hydrogen) atoms. The van der Waals surface area contributed by atoms with Crippen LogP contribution in [0.4, 0.5) is 9.52 Å².